The highest BCUT2D eigenvalue weighted by Gasteiger charge is 2.40. The monoisotopic (exact) mass is 334 g/mol. The summed E-state index contributed by atoms with van der Waals surface area (Å²) in [5.41, 5.74) is 6.06. The van der Waals surface area contributed by atoms with E-state index in [1.165, 1.54) is 56.7 Å². The molecule has 1 saturated heterocycles. The number of carbonyl (C=O) groups is 1. The van der Waals surface area contributed by atoms with Crippen LogP contribution in [0.15, 0.2) is 18.2 Å². The molecule has 1 saturated carbocycles. The fourth-order valence-electron chi connectivity index (χ4n) is 4.13. The number of amides is 1. The average Bonchev–Trinajstić information content (AvgIpc) is 2.86. The number of carbonyl (C=O) groups excluding carboxylic acids is 1. The second-order valence-corrected chi connectivity index (χ2v) is 7.17. The van der Waals surface area contributed by atoms with Gasteiger partial charge in [0.2, 0.25) is 0 Å². The normalized spacial score (nSPS) is 20.2. The van der Waals surface area contributed by atoms with Gasteiger partial charge in [0.15, 0.2) is 0 Å². The smallest absolute Gasteiger partial charge is 0.257 e. The Kier molecular flexibility index (Phi) is 5.39. The number of likely N-dealkylation sites (tertiary alicyclic amines) is 1. The Balaban J connectivity index is 1.76. The second-order valence-electron chi connectivity index (χ2n) is 7.17. The molecule has 24 heavy (non-hydrogen) atoms. The van der Waals surface area contributed by atoms with Gasteiger partial charge in [0.25, 0.3) is 5.91 Å². The van der Waals surface area contributed by atoms with Gasteiger partial charge in [0.1, 0.15) is 18.2 Å². The van der Waals surface area contributed by atoms with Gasteiger partial charge in [-0.05, 0) is 42.9 Å². The van der Waals surface area contributed by atoms with Gasteiger partial charge in [-0.3, -0.25) is 4.79 Å². The van der Waals surface area contributed by atoms with Crippen LogP contribution in [0.1, 0.15) is 55.3 Å². The van der Waals surface area contributed by atoms with Gasteiger partial charge in [-0.25, -0.2) is 4.39 Å². The Bertz CT molecular complexity index is 583. The average molecular weight is 334 g/mol. The Hall–Kier alpha value is -1.62. The summed E-state index contributed by atoms with van der Waals surface area (Å²) >= 11 is 0. The molecule has 0 aromatic heterocycles. The van der Waals surface area contributed by atoms with E-state index >= 15 is 0 Å². The molecule has 0 unspecified atom stereocenters. The third kappa shape index (κ3) is 3.72. The number of hydrogen-bond donors (Lipinski definition) is 1. The molecule has 1 aromatic rings. The zero-order valence-corrected chi connectivity index (χ0v) is 14.2. The minimum atomic E-state index is -0.415. The van der Waals surface area contributed by atoms with Crippen molar-refractivity contribution in [1.29, 1.82) is 0 Å². The molecular formula is C19H27FN2O2. The second kappa shape index (κ2) is 7.51. The Morgan fingerprint density at radius 1 is 1.21 bits per heavy atom. The highest BCUT2D eigenvalue weighted by atomic mass is 19.1. The van der Waals surface area contributed by atoms with E-state index in [4.69, 9.17) is 10.5 Å². The van der Waals surface area contributed by atoms with E-state index in [0.717, 1.165) is 19.5 Å². The van der Waals surface area contributed by atoms with Crippen molar-refractivity contribution in [3.8, 4) is 5.75 Å². The summed E-state index contributed by atoms with van der Waals surface area (Å²) in [5.74, 6) is -0.113. The van der Waals surface area contributed by atoms with E-state index in [1.54, 1.807) is 0 Å². The molecule has 5 heteroatoms. The first kappa shape index (κ1) is 17.2. The molecule has 1 aliphatic heterocycles. The lowest BCUT2D eigenvalue weighted by Crippen LogP contribution is -2.32. The largest absolute Gasteiger partial charge is 0.491 e. The van der Waals surface area contributed by atoms with Crippen molar-refractivity contribution in [2.75, 3.05) is 26.2 Å². The lowest BCUT2D eigenvalue weighted by Gasteiger charge is -2.28. The molecule has 0 bridgehead atoms. The molecule has 1 aromatic carbocycles. The molecule has 2 aliphatic rings. The Morgan fingerprint density at radius 3 is 2.67 bits per heavy atom. The van der Waals surface area contributed by atoms with E-state index in [2.05, 4.69) is 0 Å². The predicted molar refractivity (Wildman–Crippen MR) is 91.6 cm³/mol. The zero-order chi connectivity index (χ0) is 17.0. The molecule has 132 valence electrons. The van der Waals surface area contributed by atoms with Crippen molar-refractivity contribution >= 4 is 5.91 Å². The molecule has 1 heterocycles. The topological polar surface area (TPSA) is 55.6 Å². The highest BCUT2D eigenvalue weighted by Crippen LogP contribution is 2.43. The third-order valence-corrected chi connectivity index (χ3v) is 5.44. The van der Waals surface area contributed by atoms with Gasteiger partial charge in [-0.2, -0.15) is 0 Å². The summed E-state index contributed by atoms with van der Waals surface area (Å²) in [5, 5.41) is 0. The molecule has 1 amide bonds. The maximum atomic E-state index is 13.7. The molecule has 2 N–H and O–H groups in total. The molecular weight excluding hydrogens is 307 g/mol. The van der Waals surface area contributed by atoms with E-state index in [1.807, 2.05) is 4.90 Å². The Morgan fingerprint density at radius 2 is 1.96 bits per heavy atom. The van der Waals surface area contributed by atoms with Crippen LogP contribution in [0.4, 0.5) is 4.39 Å². The molecule has 0 radical (unpaired) electrons. The number of halogens is 1. The number of rotatable bonds is 4. The molecule has 1 spiro atoms. The summed E-state index contributed by atoms with van der Waals surface area (Å²) in [7, 11) is 0. The van der Waals surface area contributed by atoms with Crippen molar-refractivity contribution in [2.24, 2.45) is 11.1 Å². The van der Waals surface area contributed by atoms with Crippen LogP contribution < -0.4 is 10.5 Å². The lowest BCUT2D eigenvalue weighted by molar-refractivity contribution is 0.0762. The van der Waals surface area contributed by atoms with Crippen molar-refractivity contribution in [1.82, 2.24) is 4.90 Å². The van der Waals surface area contributed by atoms with Crippen LogP contribution in [0.2, 0.25) is 0 Å². The van der Waals surface area contributed by atoms with Crippen LogP contribution in [0.25, 0.3) is 0 Å². The number of nitrogens with two attached hydrogens (primary N) is 1. The third-order valence-electron chi connectivity index (χ3n) is 5.44. The van der Waals surface area contributed by atoms with E-state index < -0.39 is 5.82 Å². The summed E-state index contributed by atoms with van der Waals surface area (Å²) in [4.78, 5) is 14.8. The minimum Gasteiger partial charge on any atom is -0.491 e. The van der Waals surface area contributed by atoms with Crippen molar-refractivity contribution in [3.63, 3.8) is 0 Å². The number of benzene rings is 1. The van der Waals surface area contributed by atoms with Gasteiger partial charge in [0, 0.05) is 19.6 Å². The first-order chi connectivity index (χ1) is 11.6. The van der Waals surface area contributed by atoms with E-state index in [0.29, 0.717) is 24.5 Å². The van der Waals surface area contributed by atoms with Crippen LogP contribution in [0.5, 0.6) is 5.75 Å². The van der Waals surface area contributed by atoms with E-state index in [-0.39, 0.29) is 11.3 Å². The molecule has 1 aliphatic carbocycles. The summed E-state index contributed by atoms with van der Waals surface area (Å²) in [6.45, 7) is 2.22. The predicted octanol–water partition coefficient (Wildman–Crippen LogP) is 3.35. The van der Waals surface area contributed by atoms with E-state index in [9.17, 15) is 9.18 Å². The molecule has 2 fully saturated rings. The first-order valence-electron chi connectivity index (χ1n) is 9.05. The van der Waals surface area contributed by atoms with Gasteiger partial charge < -0.3 is 15.4 Å². The summed E-state index contributed by atoms with van der Waals surface area (Å²) in [6.07, 6.45) is 8.59. The molecule has 0 atom stereocenters. The Labute approximate surface area is 143 Å². The van der Waals surface area contributed by atoms with Crippen LogP contribution in [-0.4, -0.2) is 37.0 Å². The van der Waals surface area contributed by atoms with Gasteiger partial charge in [-0.1, -0.05) is 25.7 Å². The summed E-state index contributed by atoms with van der Waals surface area (Å²) < 4.78 is 19.2. The van der Waals surface area contributed by atoms with Gasteiger partial charge in [0.05, 0.1) is 5.56 Å². The summed E-state index contributed by atoms with van der Waals surface area (Å²) in [6, 6.07) is 4.13. The number of ether oxygens (including phenoxy) is 1. The van der Waals surface area contributed by atoms with Gasteiger partial charge in [-0.15, -0.1) is 0 Å². The minimum absolute atomic E-state index is 0.123. The maximum absolute atomic E-state index is 13.7. The first-order valence-corrected chi connectivity index (χ1v) is 9.05. The van der Waals surface area contributed by atoms with Crippen molar-refractivity contribution in [3.05, 3.63) is 29.6 Å². The van der Waals surface area contributed by atoms with Crippen molar-refractivity contribution in [2.45, 2.75) is 44.9 Å². The van der Waals surface area contributed by atoms with Crippen molar-refractivity contribution < 1.29 is 13.9 Å². The zero-order valence-electron chi connectivity index (χ0n) is 14.2. The highest BCUT2D eigenvalue weighted by molar-refractivity contribution is 5.97. The molecule has 4 nitrogen and oxygen atoms in total. The van der Waals surface area contributed by atoms with Crippen LogP contribution in [0, 0.1) is 11.2 Å². The maximum Gasteiger partial charge on any atom is 0.257 e. The molecule has 3 rings (SSSR count). The van der Waals surface area contributed by atoms with Crippen LogP contribution in [-0.2, 0) is 0 Å². The number of hydrogen-bond acceptors (Lipinski definition) is 3. The fraction of sp³-hybridized carbons (Fsp3) is 0.632. The van der Waals surface area contributed by atoms with Crippen LogP contribution in [0.3, 0.4) is 0 Å². The SMILES string of the molecule is NCCOc1ccc(F)cc1C(=O)N1CCC2(CCCCCC2)C1. The standard InChI is InChI=1S/C19H27FN2O2/c20-15-5-6-17(24-12-10-21)16(13-15)18(23)22-11-9-19(14-22)7-3-1-2-4-8-19/h5-6,13H,1-4,7-12,14,21H2. The van der Waals surface area contributed by atoms with Crippen LogP contribution >= 0.6 is 0 Å². The fourth-order valence-corrected chi connectivity index (χ4v) is 4.13. The lowest BCUT2D eigenvalue weighted by atomic mass is 9.80. The van der Waals surface area contributed by atoms with Gasteiger partial charge >= 0.3 is 0 Å². The number of nitrogens with zero attached hydrogens (tertiary/aromatic N) is 1. The quantitative estimate of drug-likeness (QED) is 0.919.